The van der Waals surface area contributed by atoms with Crippen molar-refractivity contribution in [3.63, 3.8) is 0 Å². The third kappa shape index (κ3) is 4.73. The van der Waals surface area contributed by atoms with E-state index in [1.54, 1.807) is 4.90 Å². The average Bonchev–Trinajstić information content (AvgIpc) is 3.16. The maximum Gasteiger partial charge on any atom is 0.271 e. The molecule has 0 bridgehead atoms. The average molecular weight is 461 g/mol. The summed E-state index contributed by atoms with van der Waals surface area (Å²) in [6.45, 7) is 4.09. The number of aliphatic imine (C=N–C) groups is 1. The second-order valence-corrected chi connectivity index (χ2v) is 9.31. The van der Waals surface area contributed by atoms with E-state index < -0.39 is 0 Å². The molecule has 1 aliphatic heterocycles. The normalized spacial score (nSPS) is 15.9. The van der Waals surface area contributed by atoms with E-state index in [2.05, 4.69) is 36.4 Å². The molecule has 5 rings (SSSR count). The number of benzene rings is 4. The molecule has 0 radical (unpaired) electrons. The van der Waals surface area contributed by atoms with Crippen molar-refractivity contribution in [2.75, 3.05) is 4.90 Å². The molecule has 4 aromatic carbocycles. The number of aryl methyl sites for hydroxylation is 2. The highest BCUT2D eigenvalue weighted by molar-refractivity contribution is 8.19. The summed E-state index contributed by atoms with van der Waals surface area (Å²) in [5, 5.41) is 0.657. The molecule has 1 amide bonds. The van der Waals surface area contributed by atoms with Gasteiger partial charge in [-0.1, -0.05) is 90.0 Å². The fraction of sp³-hybridized carbons (Fsp3) is 0.0667. The van der Waals surface area contributed by atoms with Crippen molar-refractivity contribution >= 4 is 40.3 Å². The lowest BCUT2D eigenvalue weighted by Crippen LogP contribution is -2.28. The Hall–Kier alpha value is -3.89. The van der Waals surface area contributed by atoms with E-state index in [0.717, 1.165) is 28.1 Å². The second kappa shape index (κ2) is 9.54. The Morgan fingerprint density at radius 1 is 0.706 bits per heavy atom. The third-order valence-corrected chi connectivity index (χ3v) is 6.64. The molecule has 1 fully saturated rings. The number of amides is 1. The van der Waals surface area contributed by atoms with E-state index in [4.69, 9.17) is 4.99 Å². The molecule has 166 valence electrons. The van der Waals surface area contributed by atoms with Crippen LogP contribution < -0.4 is 4.90 Å². The highest BCUT2D eigenvalue weighted by Gasteiger charge is 2.34. The van der Waals surface area contributed by atoms with Crippen LogP contribution in [0.1, 0.15) is 16.7 Å². The summed E-state index contributed by atoms with van der Waals surface area (Å²) >= 11 is 1.41. The lowest BCUT2D eigenvalue weighted by molar-refractivity contribution is -0.113. The number of carbonyl (C=O) groups is 1. The lowest BCUT2D eigenvalue weighted by Gasteiger charge is -2.16. The molecule has 0 saturated carbocycles. The molecule has 0 atom stereocenters. The maximum absolute atomic E-state index is 13.5. The van der Waals surface area contributed by atoms with Crippen molar-refractivity contribution in [2.24, 2.45) is 4.99 Å². The Kier molecular flexibility index (Phi) is 6.15. The first-order valence-corrected chi connectivity index (χ1v) is 12.0. The van der Waals surface area contributed by atoms with E-state index in [1.807, 2.05) is 86.7 Å². The molecule has 0 aromatic heterocycles. The maximum atomic E-state index is 13.5. The van der Waals surface area contributed by atoms with Crippen LogP contribution in [0.2, 0.25) is 0 Å². The van der Waals surface area contributed by atoms with Crippen LogP contribution in [0.4, 0.5) is 11.4 Å². The Bertz CT molecular complexity index is 1370. The molecule has 3 nitrogen and oxygen atoms in total. The Morgan fingerprint density at radius 3 is 1.94 bits per heavy atom. The zero-order valence-corrected chi connectivity index (χ0v) is 19.9. The quantitative estimate of drug-likeness (QED) is 0.291. The molecule has 1 saturated heterocycles. The highest BCUT2D eigenvalue weighted by Crippen LogP contribution is 2.37. The number of hydrogen-bond donors (Lipinski definition) is 0. The zero-order valence-electron chi connectivity index (χ0n) is 19.1. The zero-order chi connectivity index (χ0) is 23.5. The minimum absolute atomic E-state index is 0.0631. The van der Waals surface area contributed by atoms with Gasteiger partial charge in [0, 0.05) is 0 Å². The van der Waals surface area contributed by atoms with Gasteiger partial charge in [-0.2, -0.15) is 0 Å². The van der Waals surface area contributed by atoms with Crippen LogP contribution in [-0.4, -0.2) is 11.1 Å². The minimum atomic E-state index is -0.0631. The van der Waals surface area contributed by atoms with Gasteiger partial charge in [0.2, 0.25) is 0 Å². The molecule has 4 aromatic rings. The van der Waals surface area contributed by atoms with Gasteiger partial charge in [-0.05, 0) is 72.6 Å². The van der Waals surface area contributed by atoms with Crippen LogP contribution in [0, 0.1) is 13.8 Å². The van der Waals surface area contributed by atoms with Crippen molar-refractivity contribution in [3.05, 3.63) is 125 Å². The topological polar surface area (TPSA) is 32.7 Å². The largest absolute Gasteiger partial charge is 0.271 e. The van der Waals surface area contributed by atoms with Gasteiger partial charge in [0.15, 0.2) is 5.17 Å². The van der Waals surface area contributed by atoms with Gasteiger partial charge in [0.05, 0.1) is 16.3 Å². The minimum Gasteiger partial charge on any atom is -0.268 e. The predicted octanol–water partition coefficient (Wildman–Crippen LogP) is 7.78. The molecule has 0 unspecified atom stereocenters. The molecular formula is C30H24N2OS. The van der Waals surface area contributed by atoms with Gasteiger partial charge in [-0.15, -0.1) is 0 Å². The molecular weight excluding hydrogens is 436 g/mol. The van der Waals surface area contributed by atoms with Gasteiger partial charge < -0.3 is 0 Å². The summed E-state index contributed by atoms with van der Waals surface area (Å²) in [6.07, 6.45) is 1.95. The molecule has 0 aliphatic carbocycles. The van der Waals surface area contributed by atoms with Crippen LogP contribution in [0.5, 0.6) is 0 Å². The van der Waals surface area contributed by atoms with Gasteiger partial charge in [-0.3, -0.25) is 9.69 Å². The fourth-order valence-electron chi connectivity index (χ4n) is 3.75. The van der Waals surface area contributed by atoms with E-state index in [0.29, 0.717) is 10.1 Å². The van der Waals surface area contributed by atoms with Crippen LogP contribution in [0.15, 0.2) is 113 Å². The van der Waals surface area contributed by atoms with E-state index >= 15 is 0 Å². The highest BCUT2D eigenvalue weighted by atomic mass is 32.2. The van der Waals surface area contributed by atoms with Gasteiger partial charge in [0.25, 0.3) is 5.91 Å². The first-order valence-electron chi connectivity index (χ1n) is 11.2. The standard InChI is InChI=1S/C30H24N2OS/c1-21-8-16-26(17-9-21)31-30-32(27-18-10-22(2)11-19-27)29(33)28(34-30)20-23-12-14-25(15-13-23)24-6-4-3-5-7-24/h3-20H,1-2H3. The summed E-state index contributed by atoms with van der Waals surface area (Å²) in [7, 11) is 0. The first-order chi connectivity index (χ1) is 16.6. The van der Waals surface area contributed by atoms with Gasteiger partial charge in [-0.25, -0.2) is 4.99 Å². The number of nitrogens with zero attached hydrogens (tertiary/aromatic N) is 2. The summed E-state index contributed by atoms with van der Waals surface area (Å²) in [5.41, 5.74) is 7.27. The Balaban J connectivity index is 1.49. The molecule has 0 spiro atoms. The summed E-state index contributed by atoms with van der Waals surface area (Å²) in [6, 6.07) is 34.5. The van der Waals surface area contributed by atoms with E-state index in [-0.39, 0.29) is 5.91 Å². The SMILES string of the molecule is Cc1ccc(N=C2SC(=Cc3ccc(-c4ccccc4)cc3)C(=O)N2c2ccc(C)cc2)cc1. The second-order valence-electron chi connectivity index (χ2n) is 8.30. The Morgan fingerprint density at radius 2 is 1.29 bits per heavy atom. The molecule has 1 aliphatic rings. The van der Waals surface area contributed by atoms with Crippen LogP contribution in [0.25, 0.3) is 17.2 Å². The van der Waals surface area contributed by atoms with Crippen LogP contribution in [0.3, 0.4) is 0 Å². The van der Waals surface area contributed by atoms with Crippen molar-refractivity contribution in [1.82, 2.24) is 0 Å². The van der Waals surface area contributed by atoms with E-state index in [9.17, 15) is 4.79 Å². The monoisotopic (exact) mass is 460 g/mol. The number of amidine groups is 1. The van der Waals surface area contributed by atoms with Crippen molar-refractivity contribution < 1.29 is 4.79 Å². The predicted molar refractivity (Wildman–Crippen MR) is 144 cm³/mol. The van der Waals surface area contributed by atoms with Crippen molar-refractivity contribution in [2.45, 2.75) is 13.8 Å². The Labute approximate surface area is 204 Å². The fourth-order valence-corrected chi connectivity index (χ4v) is 4.75. The number of carbonyl (C=O) groups excluding carboxylic acids is 1. The number of anilines is 1. The molecule has 1 heterocycles. The third-order valence-electron chi connectivity index (χ3n) is 5.67. The summed E-state index contributed by atoms with van der Waals surface area (Å²) in [5.74, 6) is -0.0631. The number of rotatable bonds is 4. The van der Waals surface area contributed by atoms with Crippen molar-refractivity contribution in [1.29, 1.82) is 0 Å². The summed E-state index contributed by atoms with van der Waals surface area (Å²) < 4.78 is 0. The van der Waals surface area contributed by atoms with Crippen molar-refractivity contribution in [3.8, 4) is 11.1 Å². The molecule has 0 N–H and O–H groups in total. The van der Waals surface area contributed by atoms with Crippen LogP contribution in [-0.2, 0) is 4.79 Å². The summed E-state index contributed by atoms with van der Waals surface area (Å²) in [4.78, 5) is 20.7. The molecule has 4 heteroatoms. The first kappa shape index (κ1) is 21.9. The van der Waals surface area contributed by atoms with Gasteiger partial charge >= 0.3 is 0 Å². The van der Waals surface area contributed by atoms with Crippen LogP contribution >= 0.6 is 11.8 Å². The number of hydrogen-bond acceptors (Lipinski definition) is 3. The smallest absolute Gasteiger partial charge is 0.268 e. The lowest BCUT2D eigenvalue weighted by atomic mass is 10.0. The molecule has 34 heavy (non-hydrogen) atoms. The van der Waals surface area contributed by atoms with E-state index in [1.165, 1.54) is 22.9 Å². The number of thioether (sulfide) groups is 1. The van der Waals surface area contributed by atoms with Gasteiger partial charge in [0.1, 0.15) is 0 Å².